The minimum absolute atomic E-state index is 0.0803. The average molecular weight is 357 g/mol. The van der Waals surface area contributed by atoms with Crippen LogP contribution in [0.2, 0.25) is 0 Å². The highest BCUT2D eigenvalue weighted by Crippen LogP contribution is 2.17. The maximum atomic E-state index is 12.3. The zero-order valence-electron chi connectivity index (χ0n) is 14.0. The molecule has 2 aromatic carbocycles. The van der Waals surface area contributed by atoms with Crippen molar-refractivity contribution < 1.29 is 14.6 Å². The zero-order valence-corrected chi connectivity index (χ0v) is 14.9. The second kappa shape index (κ2) is 7.58. The number of carbonyl (C=O) groups is 1. The third kappa shape index (κ3) is 4.12. The molecule has 0 spiro atoms. The summed E-state index contributed by atoms with van der Waals surface area (Å²) < 4.78 is 13.9. The van der Waals surface area contributed by atoms with Gasteiger partial charge in [0.1, 0.15) is 23.4 Å². The van der Waals surface area contributed by atoms with Crippen LogP contribution in [-0.4, -0.2) is 44.4 Å². The van der Waals surface area contributed by atoms with Gasteiger partial charge in [0.15, 0.2) is 6.10 Å². The van der Waals surface area contributed by atoms with Gasteiger partial charge in [-0.2, -0.15) is 8.75 Å². The first-order chi connectivity index (χ1) is 12.0. The van der Waals surface area contributed by atoms with E-state index in [0.29, 0.717) is 12.3 Å². The lowest BCUT2D eigenvalue weighted by Gasteiger charge is -2.21. The molecule has 0 saturated heterocycles. The number of amides is 1. The summed E-state index contributed by atoms with van der Waals surface area (Å²) in [5.41, 5.74) is 3.55. The summed E-state index contributed by atoms with van der Waals surface area (Å²) in [6, 6.07) is 13.2. The van der Waals surface area contributed by atoms with Crippen LogP contribution < -0.4 is 4.74 Å². The van der Waals surface area contributed by atoms with E-state index in [4.69, 9.17) is 4.74 Å². The molecule has 0 aliphatic heterocycles. The normalized spacial score (nSPS) is 12.1. The fourth-order valence-electron chi connectivity index (χ4n) is 2.49. The van der Waals surface area contributed by atoms with Gasteiger partial charge >= 0.3 is 0 Å². The number of carbonyl (C=O) groups excluding carboxylic acids is 1. The molecular formula is C18H19N3O3S. The number of likely N-dealkylation sites (N-methyl/N-ethyl adjacent to an activating group) is 1. The molecule has 1 aromatic heterocycles. The number of hydrogen-bond donors (Lipinski definition) is 1. The van der Waals surface area contributed by atoms with Gasteiger partial charge in [-0.15, -0.1) is 0 Å². The molecule has 6 nitrogen and oxygen atoms in total. The predicted molar refractivity (Wildman–Crippen MR) is 96.6 cm³/mol. The van der Waals surface area contributed by atoms with Gasteiger partial charge in [0, 0.05) is 13.6 Å². The lowest BCUT2D eigenvalue weighted by Crippen LogP contribution is -2.39. The highest BCUT2D eigenvalue weighted by Gasteiger charge is 2.20. The third-order valence-electron chi connectivity index (χ3n) is 3.89. The van der Waals surface area contributed by atoms with E-state index in [1.807, 2.05) is 49.4 Å². The van der Waals surface area contributed by atoms with Crippen molar-refractivity contribution in [2.75, 3.05) is 13.7 Å². The summed E-state index contributed by atoms with van der Waals surface area (Å²) in [6.07, 6.45) is -1.21. The van der Waals surface area contributed by atoms with Gasteiger partial charge in [-0.05, 0) is 36.2 Å². The number of aliphatic hydroxyl groups is 1. The third-order valence-corrected chi connectivity index (χ3v) is 4.45. The smallest absolute Gasteiger partial charge is 0.255 e. The van der Waals surface area contributed by atoms with Gasteiger partial charge in [0.2, 0.25) is 0 Å². The van der Waals surface area contributed by atoms with Crippen molar-refractivity contribution in [3.8, 4) is 5.75 Å². The standard InChI is InChI=1S/C18H19N3O3S/c1-12-5-3-4-6-17(12)24-11-16(22)18(23)21(2)10-13-7-8-14-15(9-13)20-25-19-14/h3-9,16,22H,10-11H2,1-2H3. The SMILES string of the molecule is Cc1ccccc1OCC(O)C(=O)N(C)Cc1ccc2nsnc2c1. The molecule has 3 aromatic rings. The summed E-state index contributed by atoms with van der Waals surface area (Å²) in [5, 5.41) is 10.1. The minimum atomic E-state index is -1.21. The van der Waals surface area contributed by atoms with Crippen LogP contribution in [0.25, 0.3) is 11.0 Å². The Balaban J connectivity index is 1.58. The van der Waals surface area contributed by atoms with Crippen molar-refractivity contribution in [2.45, 2.75) is 19.6 Å². The molecule has 1 amide bonds. The molecule has 0 saturated carbocycles. The Morgan fingerprint density at radius 1 is 1.24 bits per heavy atom. The maximum Gasteiger partial charge on any atom is 0.255 e. The van der Waals surface area contributed by atoms with Crippen LogP contribution in [0, 0.1) is 6.92 Å². The van der Waals surface area contributed by atoms with Crippen LogP contribution >= 0.6 is 11.7 Å². The number of benzene rings is 2. The van der Waals surface area contributed by atoms with E-state index in [2.05, 4.69) is 8.75 Å². The number of nitrogens with zero attached hydrogens (tertiary/aromatic N) is 3. The van der Waals surface area contributed by atoms with E-state index >= 15 is 0 Å². The van der Waals surface area contributed by atoms with Gasteiger partial charge in [-0.1, -0.05) is 24.3 Å². The van der Waals surface area contributed by atoms with Gasteiger partial charge in [0.25, 0.3) is 5.91 Å². The van der Waals surface area contributed by atoms with E-state index in [9.17, 15) is 9.90 Å². The lowest BCUT2D eigenvalue weighted by atomic mass is 10.2. The molecule has 1 N–H and O–H groups in total. The molecule has 0 aliphatic rings. The first-order valence-electron chi connectivity index (χ1n) is 7.87. The Morgan fingerprint density at radius 2 is 2.00 bits per heavy atom. The summed E-state index contributed by atoms with van der Waals surface area (Å²) in [6.45, 7) is 2.22. The number of aliphatic hydroxyl groups excluding tert-OH is 1. The topological polar surface area (TPSA) is 75.6 Å². The van der Waals surface area contributed by atoms with Crippen LogP contribution in [0.15, 0.2) is 42.5 Å². The van der Waals surface area contributed by atoms with Crippen LogP contribution in [-0.2, 0) is 11.3 Å². The number of ether oxygens (including phenoxy) is 1. The highest BCUT2D eigenvalue weighted by atomic mass is 32.1. The van der Waals surface area contributed by atoms with Crippen molar-refractivity contribution in [3.63, 3.8) is 0 Å². The Kier molecular flexibility index (Phi) is 5.25. The van der Waals surface area contributed by atoms with Crippen molar-refractivity contribution >= 4 is 28.7 Å². The van der Waals surface area contributed by atoms with E-state index in [0.717, 1.165) is 33.9 Å². The zero-order chi connectivity index (χ0) is 17.8. The lowest BCUT2D eigenvalue weighted by molar-refractivity contribution is -0.140. The monoisotopic (exact) mass is 357 g/mol. The molecule has 0 fully saturated rings. The van der Waals surface area contributed by atoms with Crippen LogP contribution in [0.1, 0.15) is 11.1 Å². The fourth-order valence-corrected chi connectivity index (χ4v) is 3.01. The largest absolute Gasteiger partial charge is 0.490 e. The Labute approximate surface area is 150 Å². The molecule has 1 heterocycles. The molecule has 0 aliphatic carbocycles. The van der Waals surface area contributed by atoms with Crippen LogP contribution in [0.3, 0.4) is 0 Å². The quantitative estimate of drug-likeness (QED) is 0.733. The van der Waals surface area contributed by atoms with Crippen molar-refractivity contribution in [1.29, 1.82) is 0 Å². The molecule has 1 unspecified atom stereocenters. The van der Waals surface area contributed by atoms with Gasteiger partial charge in [-0.3, -0.25) is 4.79 Å². The second-order valence-electron chi connectivity index (χ2n) is 5.87. The van der Waals surface area contributed by atoms with Crippen molar-refractivity contribution in [3.05, 3.63) is 53.6 Å². The number of aryl methyl sites for hydroxylation is 1. The van der Waals surface area contributed by atoms with Gasteiger partial charge < -0.3 is 14.7 Å². The summed E-state index contributed by atoms with van der Waals surface area (Å²) in [5.74, 6) is 0.281. The number of hydrogen-bond acceptors (Lipinski definition) is 6. The first-order valence-corrected chi connectivity index (χ1v) is 8.60. The van der Waals surface area contributed by atoms with Crippen LogP contribution in [0.5, 0.6) is 5.75 Å². The number of para-hydroxylation sites is 1. The highest BCUT2D eigenvalue weighted by molar-refractivity contribution is 7.00. The van der Waals surface area contributed by atoms with E-state index < -0.39 is 6.10 Å². The molecule has 0 bridgehead atoms. The summed E-state index contributed by atoms with van der Waals surface area (Å²) in [4.78, 5) is 13.8. The second-order valence-corrected chi connectivity index (χ2v) is 6.40. The number of fused-ring (bicyclic) bond motifs is 1. The van der Waals surface area contributed by atoms with E-state index in [1.165, 1.54) is 4.90 Å². The fraction of sp³-hybridized carbons (Fsp3) is 0.278. The van der Waals surface area contributed by atoms with Gasteiger partial charge in [0.05, 0.1) is 11.7 Å². The van der Waals surface area contributed by atoms with E-state index in [-0.39, 0.29) is 12.5 Å². The predicted octanol–water partition coefficient (Wildman–Crippen LogP) is 2.40. The van der Waals surface area contributed by atoms with Crippen LogP contribution in [0.4, 0.5) is 0 Å². The average Bonchev–Trinajstić information content (AvgIpc) is 3.07. The molecule has 25 heavy (non-hydrogen) atoms. The Hall–Kier alpha value is -2.51. The van der Waals surface area contributed by atoms with Gasteiger partial charge in [-0.25, -0.2) is 0 Å². The summed E-state index contributed by atoms with van der Waals surface area (Å²) in [7, 11) is 1.66. The molecule has 3 rings (SSSR count). The Morgan fingerprint density at radius 3 is 2.80 bits per heavy atom. The number of aromatic nitrogens is 2. The molecule has 7 heteroatoms. The molecule has 130 valence electrons. The van der Waals surface area contributed by atoms with Crippen molar-refractivity contribution in [2.24, 2.45) is 0 Å². The molecule has 1 atom stereocenters. The van der Waals surface area contributed by atoms with Crippen molar-refractivity contribution in [1.82, 2.24) is 13.6 Å². The maximum absolute atomic E-state index is 12.3. The number of rotatable bonds is 6. The minimum Gasteiger partial charge on any atom is -0.490 e. The summed E-state index contributed by atoms with van der Waals surface area (Å²) >= 11 is 1.16. The Bertz CT molecular complexity index is 881. The molecule has 0 radical (unpaired) electrons. The van der Waals surface area contributed by atoms with E-state index in [1.54, 1.807) is 7.05 Å². The first kappa shape index (κ1) is 17.3. The molecular weight excluding hydrogens is 338 g/mol.